The van der Waals surface area contributed by atoms with Crippen molar-refractivity contribution >= 4 is 5.91 Å². The first-order chi connectivity index (χ1) is 12.5. The third-order valence-electron chi connectivity index (χ3n) is 3.57. The molecule has 0 spiro atoms. The van der Waals surface area contributed by atoms with Gasteiger partial charge in [-0.3, -0.25) is 4.79 Å². The lowest BCUT2D eigenvalue weighted by molar-refractivity contribution is -0.123. The van der Waals surface area contributed by atoms with Crippen LogP contribution < -0.4 is 10.1 Å². The van der Waals surface area contributed by atoms with Gasteiger partial charge in [-0.1, -0.05) is 6.07 Å². The van der Waals surface area contributed by atoms with Crippen molar-refractivity contribution in [2.24, 2.45) is 0 Å². The van der Waals surface area contributed by atoms with E-state index in [0.29, 0.717) is 17.2 Å². The summed E-state index contributed by atoms with van der Waals surface area (Å²) in [6, 6.07) is 10.9. The second kappa shape index (κ2) is 7.77. The van der Waals surface area contributed by atoms with Crippen LogP contribution in [0.5, 0.6) is 5.75 Å². The van der Waals surface area contributed by atoms with Crippen LogP contribution in [0.2, 0.25) is 0 Å². The monoisotopic (exact) mass is 358 g/mol. The van der Waals surface area contributed by atoms with Crippen LogP contribution in [-0.4, -0.2) is 17.5 Å². The SMILES string of the molecule is CC(NC(=O)COc1cccc(F)c1)c1ncc(-c2ccc(F)cc2)o1. The predicted octanol–water partition coefficient (Wildman–Crippen LogP) is 3.88. The van der Waals surface area contributed by atoms with Crippen LogP contribution in [-0.2, 0) is 4.79 Å². The summed E-state index contributed by atoms with van der Waals surface area (Å²) in [4.78, 5) is 16.1. The molecule has 0 bridgehead atoms. The zero-order valence-corrected chi connectivity index (χ0v) is 13.9. The topological polar surface area (TPSA) is 64.4 Å². The molecule has 5 nitrogen and oxygen atoms in total. The van der Waals surface area contributed by atoms with Gasteiger partial charge in [0.25, 0.3) is 5.91 Å². The fourth-order valence-electron chi connectivity index (χ4n) is 2.29. The lowest BCUT2D eigenvalue weighted by Gasteiger charge is -2.11. The number of nitrogens with zero attached hydrogens (tertiary/aromatic N) is 1. The standard InChI is InChI=1S/C19H16F2N2O3/c1-12(23-18(24)11-25-16-4-2-3-15(21)9-16)19-22-10-17(26-19)13-5-7-14(20)8-6-13/h2-10,12H,11H2,1H3,(H,23,24). The first-order valence-electron chi connectivity index (χ1n) is 7.90. The highest BCUT2D eigenvalue weighted by Crippen LogP contribution is 2.23. The number of nitrogens with one attached hydrogen (secondary N) is 1. The van der Waals surface area contributed by atoms with Crippen molar-refractivity contribution in [3.05, 3.63) is 72.3 Å². The van der Waals surface area contributed by atoms with E-state index in [1.807, 2.05) is 0 Å². The molecule has 1 aromatic heterocycles. The lowest BCUT2D eigenvalue weighted by Crippen LogP contribution is -2.31. The summed E-state index contributed by atoms with van der Waals surface area (Å²) in [5, 5.41) is 2.68. The van der Waals surface area contributed by atoms with E-state index in [1.165, 1.54) is 36.5 Å². The van der Waals surface area contributed by atoms with Crippen LogP contribution in [0.4, 0.5) is 8.78 Å². The number of aromatic nitrogens is 1. The number of hydrogen-bond donors (Lipinski definition) is 1. The van der Waals surface area contributed by atoms with Crippen LogP contribution in [0, 0.1) is 11.6 Å². The van der Waals surface area contributed by atoms with Gasteiger partial charge in [0.15, 0.2) is 12.4 Å². The number of halogens is 2. The highest BCUT2D eigenvalue weighted by molar-refractivity contribution is 5.77. The molecule has 1 heterocycles. The minimum absolute atomic E-state index is 0.265. The number of amides is 1. The number of benzene rings is 2. The molecule has 0 aliphatic carbocycles. The third kappa shape index (κ3) is 4.44. The Morgan fingerprint density at radius 3 is 2.69 bits per heavy atom. The van der Waals surface area contributed by atoms with Gasteiger partial charge in [-0.15, -0.1) is 0 Å². The average molecular weight is 358 g/mol. The maximum Gasteiger partial charge on any atom is 0.258 e. The Labute approximate surface area is 148 Å². The molecule has 134 valence electrons. The molecule has 3 aromatic rings. The van der Waals surface area contributed by atoms with Crippen LogP contribution >= 0.6 is 0 Å². The highest BCUT2D eigenvalue weighted by Gasteiger charge is 2.16. The minimum atomic E-state index is -0.493. The summed E-state index contributed by atoms with van der Waals surface area (Å²) < 4.78 is 36.9. The third-order valence-corrected chi connectivity index (χ3v) is 3.57. The molecule has 0 radical (unpaired) electrons. The molecule has 3 rings (SSSR count). The molecule has 1 unspecified atom stereocenters. The van der Waals surface area contributed by atoms with Gasteiger partial charge >= 0.3 is 0 Å². The molecule has 0 saturated carbocycles. The fourth-order valence-corrected chi connectivity index (χ4v) is 2.29. The lowest BCUT2D eigenvalue weighted by atomic mass is 10.2. The molecule has 0 fully saturated rings. The van der Waals surface area contributed by atoms with E-state index in [2.05, 4.69) is 10.3 Å². The maximum atomic E-state index is 13.1. The van der Waals surface area contributed by atoms with Gasteiger partial charge in [0.1, 0.15) is 23.4 Å². The first kappa shape index (κ1) is 17.6. The Morgan fingerprint density at radius 1 is 1.19 bits per heavy atom. The van der Waals surface area contributed by atoms with Gasteiger partial charge in [0.05, 0.1) is 6.20 Å². The fraction of sp³-hybridized carbons (Fsp3) is 0.158. The summed E-state index contributed by atoms with van der Waals surface area (Å²) in [5.74, 6) is -0.136. The van der Waals surface area contributed by atoms with E-state index in [4.69, 9.17) is 9.15 Å². The number of ether oxygens (including phenoxy) is 1. The zero-order chi connectivity index (χ0) is 18.5. The van der Waals surface area contributed by atoms with Crippen LogP contribution in [0.15, 0.2) is 59.1 Å². The minimum Gasteiger partial charge on any atom is -0.484 e. The Bertz CT molecular complexity index is 894. The molecule has 2 aromatic carbocycles. The van der Waals surface area contributed by atoms with Crippen molar-refractivity contribution in [3.8, 4) is 17.1 Å². The summed E-state index contributed by atoms with van der Waals surface area (Å²) >= 11 is 0. The van der Waals surface area contributed by atoms with E-state index in [1.54, 1.807) is 25.1 Å². The molecule has 1 N–H and O–H groups in total. The normalized spacial score (nSPS) is 11.8. The number of carbonyl (C=O) groups is 1. The van der Waals surface area contributed by atoms with E-state index in [9.17, 15) is 13.6 Å². The van der Waals surface area contributed by atoms with E-state index in [-0.39, 0.29) is 18.2 Å². The van der Waals surface area contributed by atoms with Crippen molar-refractivity contribution < 1.29 is 22.7 Å². The Morgan fingerprint density at radius 2 is 1.96 bits per heavy atom. The van der Waals surface area contributed by atoms with E-state index in [0.717, 1.165) is 0 Å². The number of hydrogen-bond acceptors (Lipinski definition) is 4. The largest absolute Gasteiger partial charge is 0.484 e. The molecule has 26 heavy (non-hydrogen) atoms. The summed E-state index contributed by atoms with van der Waals surface area (Å²) in [6.07, 6.45) is 1.51. The van der Waals surface area contributed by atoms with Crippen molar-refractivity contribution in [2.75, 3.05) is 6.61 Å². The van der Waals surface area contributed by atoms with Crippen molar-refractivity contribution in [2.45, 2.75) is 13.0 Å². The second-order valence-electron chi connectivity index (χ2n) is 5.60. The summed E-state index contributed by atoms with van der Waals surface area (Å²) in [5.41, 5.74) is 0.679. The van der Waals surface area contributed by atoms with E-state index < -0.39 is 17.8 Å². The van der Waals surface area contributed by atoms with Gasteiger partial charge in [0, 0.05) is 11.6 Å². The Kier molecular flexibility index (Phi) is 5.26. The molecular formula is C19H16F2N2O3. The smallest absolute Gasteiger partial charge is 0.258 e. The van der Waals surface area contributed by atoms with Gasteiger partial charge in [-0.2, -0.15) is 0 Å². The zero-order valence-electron chi connectivity index (χ0n) is 13.9. The van der Waals surface area contributed by atoms with Crippen molar-refractivity contribution in [1.82, 2.24) is 10.3 Å². The average Bonchev–Trinajstić information content (AvgIpc) is 3.11. The Balaban J connectivity index is 1.56. The summed E-state index contributed by atoms with van der Waals surface area (Å²) in [7, 11) is 0. The van der Waals surface area contributed by atoms with Crippen LogP contribution in [0.25, 0.3) is 11.3 Å². The highest BCUT2D eigenvalue weighted by atomic mass is 19.1. The number of carbonyl (C=O) groups excluding carboxylic acids is 1. The first-order valence-corrected chi connectivity index (χ1v) is 7.90. The molecule has 1 amide bonds. The second-order valence-corrected chi connectivity index (χ2v) is 5.60. The van der Waals surface area contributed by atoms with E-state index >= 15 is 0 Å². The van der Waals surface area contributed by atoms with Gasteiger partial charge in [-0.05, 0) is 43.3 Å². The van der Waals surface area contributed by atoms with Crippen molar-refractivity contribution in [3.63, 3.8) is 0 Å². The predicted molar refractivity (Wildman–Crippen MR) is 90.3 cm³/mol. The van der Waals surface area contributed by atoms with Gasteiger partial charge in [-0.25, -0.2) is 13.8 Å². The number of oxazole rings is 1. The molecule has 1 atom stereocenters. The van der Waals surface area contributed by atoms with Crippen LogP contribution in [0.3, 0.4) is 0 Å². The maximum absolute atomic E-state index is 13.1. The molecule has 0 saturated heterocycles. The Hall–Kier alpha value is -3.22. The molecule has 0 aliphatic heterocycles. The summed E-state index contributed by atoms with van der Waals surface area (Å²) in [6.45, 7) is 1.44. The molecule has 0 aliphatic rings. The molecule has 7 heteroatoms. The quantitative estimate of drug-likeness (QED) is 0.726. The van der Waals surface area contributed by atoms with Gasteiger partial charge in [0.2, 0.25) is 5.89 Å². The van der Waals surface area contributed by atoms with Gasteiger partial charge < -0.3 is 14.5 Å². The number of rotatable bonds is 6. The van der Waals surface area contributed by atoms with Crippen LogP contribution in [0.1, 0.15) is 18.9 Å². The molecular weight excluding hydrogens is 342 g/mol. The van der Waals surface area contributed by atoms with Crippen molar-refractivity contribution in [1.29, 1.82) is 0 Å².